The van der Waals surface area contributed by atoms with E-state index in [1.54, 1.807) is 13.1 Å². The summed E-state index contributed by atoms with van der Waals surface area (Å²) in [5.74, 6) is 1.28. The Labute approximate surface area is 114 Å². The van der Waals surface area contributed by atoms with E-state index in [2.05, 4.69) is 10.3 Å². The minimum Gasteiger partial charge on any atom is -0.445 e. The zero-order chi connectivity index (χ0) is 14.8. The summed E-state index contributed by atoms with van der Waals surface area (Å²) >= 11 is 0. The van der Waals surface area contributed by atoms with E-state index in [1.165, 1.54) is 12.1 Å². The SMILES string of the molecule is Cc1cnc(CNC(C)c2ccc(C(F)(F)F)cc2)o1. The summed E-state index contributed by atoms with van der Waals surface area (Å²) in [6.07, 6.45) is -2.68. The standard InChI is InChI=1S/C14H15F3N2O/c1-9-7-19-13(20-9)8-18-10(2)11-3-5-12(6-4-11)14(15,16)17/h3-7,10,18H,8H2,1-2H3. The molecule has 0 radical (unpaired) electrons. The van der Waals surface area contributed by atoms with E-state index in [9.17, 15) is 13.2 Å². The van der Waals surface area contributed by atoms with Crippen LogP contribution in [-0.4, -0.2) is 4.98 Å². The molecule has 0 amide bonds. The van der Waals surface area contributed by atoms with Crippen molar-refractivity contribution < 1.29 is 17.6 Å². The van der Waals surface area contributed by atoms with Crippen LogP contribution in [0.2, 0.25) is 0 Å². The minimum absolute atomic E-state index is 0.0931. The summed E-state index contributed by atoms with van der Waals surface area (Å²) in [5.41, 5.74) is 0.137. The Morgan fingerprint density at radius 3 is 2.40 bits per heavy atom. The molecule has 0 saturated carbocycles. The lowest BCUT2D eigenvalue weighted by atomic mass is 10.1. The Bertz CT molecular complexity index is 561. The first-order valence-electron chi connectivity index (χ1n) is 6.18. The van der Waals surface area contributed by atoms with Gasteiger partial charge in [-0.2, -0.15) is 13.2 Å². The van der Waals surface area contributed by atoms with E-state index < -0.39 is 11.7 Å². The van der Waals surface area contributed by atoms with E-state index in [0.717, 1.165) is 23.5 Å². The summed E-state index contributed by atoms with van der Waals surface area (Å²) < 4.78 is 42.7. The Balaban J connectivity index is 1.97. The molecule has 2 rings (SSSR count). The maximum atomic E-state index is 12.5. The average Bonchev–Trinajstić information content (AvgIpc) is 2.81. The van der Waals surface area contributed by atoms with Crippen LogP contribution >= 0.6 is 0 Å². The van der Waals surface area contributed by atoms with Crippen LogP contribution in [0.25, 0.3) is 0 Å². The predicted molar refractivity (Wildman–Crippen MR) is 67.9 cm³/mol. The van der Waals surface area contributed by atoms with Crippen LogP contribution in [0.15, 0.2) is 34.9 Å². The highest BCUT2D eigenvalue weighted by Crippen LogP contribution is 2.29. The second-order valence-electron chi connectivity index (χ2n) is 4.59. The van der Waals surface area contributed by atoms with Gasteiger partial charge in [-0.05, 0) is 31.5 Å². The number of benzene rings is 1. The van der Waals surface area contributed by atoms with Crippen molar-refractivity contribution in [2.24, 2.45) is 0 Å². The van der Waals surface area contributed by atoms with Gasteiger partial charge in [-0.15, -0.1) is 0 Å². The van der Waals surface area contributed by atoms with Crippen molar-refractivity contribution >= 4 is 0 Å². The fourth-order valence-corrected chi connectivity index (χ4v) is 1.80. The number of halogens is 3. The molecule has 0 aliphatic rings. The first-order chi connectivity index (χ1) is 9.36. The van der Waals surface area contributed by atoms with E-state index in [0.29, 0.717) is 12.4 Å². The summed E-state index contributed by atoms with van der Waals surface area (Å²) in [6.45, 7) is 4.10. The Morgan fingerprint density at radius 1 is 1.25 bits per heavy atom. The zero-order valence-corrected chi connectivity index (χ0v) is 11.2. The van der Waals surface area contributed by atoms with Gasteiger partial charge in [-0.25, -0.2) is 4.98 Å². The summed E-state index contributed by atoms with van der Waals surface area (Å²) in [7, 11) is 0. The largest absolute Gasteiger partial charge is 0.445 e. The van der Waals surface area contributed by atoms with Gasteiger partial charge in [0, 0.05) is 6.04 Å². The highest BCUT2D eigenvalue weighted by atomic mass is 19.4. The lowest BCUT2D eigenvalue weighted by Crippen LogP contribution is -2.18. The first kappa shape index (κ1) is 14.6. The molecule has 1 N–H and O–H groups in total. The van der Waals surface area contributed by atoms with Crippen LogP contribution in [-0.2, 0) is 12.7 Å². The van der Waals surface area contributed by atoms with Crippen LogP contribution < -0.4 is 5.32 Å². The third-order valence-electron chi connectivity index (χ3n) is 2.97. The molecule has 0 saturated heterocycles. The van der Waals surface area contributed by atoms with Crippen molar-refractivity contribution in [1.82, 2.24) is 10.3 Å². The highest BCUT2D eigenvalue weighted by Gasteiger charge is 2.30. The zero-order valence-electron chi connectivity index (χ0n) is 11.2. The Hall–Kier alpha value is -1.82. The molecule has 1 atom stereocenters. The van der Waals surface area contributed by atoms with Crippen LogP contribution in [0.3, 0.4) is 0 Å². The monoisotopic (exact) mass is 284 g/mol. The third kappa shape index (κ3) is 3.60. The lowest BCUT2D eigenvalue weighted by molar-refractivity contribution is -0.137. The summed E-state index contributed by atoms with van der Waals surface area (Å²) in [5, 5.41) is 3.15. The molecule has 20 heavy (non-hydrogen) atoms. The Morgan fingerprint density at radius 2 is 1.90 bits per heavy atom. The molecule has 0 fully saturated rings. The fourth-order valence-electron chi connectivity index (χ4n) is 1.80. The normalized spacial score (nSPS) is 13.4. The molecular weight excluding hydrogens is 269 g/mol. The van der Waals surface area contributed by atoms with Gasteiger partial charge in [0.1, 0.15) is 5.76 Å². The van der Waals surface area contributed by atoms with Crippen molar-refractivity contribution in [2.75, 3.05) is 0 Å². The molecule has 0 aliphatic heterocycles. The molecule has 0 aliphatic carbocycles. The fraction of sp³-hybridized carbons (Fsp3) is 0.357. The van der Waals surface area contributed by atoms with Crippen molar-refractivity contribution in [1.29, 1.82) is 0 Å². The molecule has 0 bridgehead atoms. The van der Waals surface area contributed by atoms with Crippen LogP contribution in [0.4, 0.5) is 13.2 Å². The number of rotatable bonds is 4. The lowest BCUT2D eigenvalue weighted by Gasteiger charge is -2.14. The molecule has 108 valence electrons. The number of hydrogen-bond acceptors (Lipinski definition) is 3. The Kier molecular flexibility index (Phi) is 4.13. The maximum Gasteiger partial charge on any atom is 0.416 e. The number of nitrogens with one attached hydrogen (secondary N) is 1. The van der Waals surface area contributed by atoms with Gasteiger partial charge in [-0.1, -0.05) is 12.1 Å². The molecule has 0 spiro atoms. The van der Waals surface area contributed by atoms with Crippen molar-refractivity contribution in [3.8, 4) is 0 Å². The van der Waals surface area contributed by atoms with Crippen molar-refractivity contribution in [3.05, 3.63) is 53.2 Å². The van der Waals surface area contributed by atoms with Crippen molar-refractivity contribution in [2.45, 2.75) is 32.6 Å². The third-order valence-corrected chi connectivity index (χ3v) is 2.97. The van der Waals surface area contributed by atoms with Crippen LogP contribution in [0, 0.1) is 6.92 Å². The van der Waals surface area contributed by atoms with Gasteiger partial charge >= 0.3 is 6.18 Å². The maximum absolute atomic E-state index is 12.5. The van der Waals surface area contributed by atoms with Gasteiger partial charge in [0.25, 0.3) is 0 Å². The highest BCUT2D eigenvalue weighted by molar-refractivity contribution is 5.26. The molecule has 2 aromatic rings. The number of oxazole rings is 1. The smallest absolute Gasteiger partial charge is 0.416 e. The van der Waals surface area contributed by atoms with Gasteiger partial charge < -0.3 is 9.73 Å². The molecule has 1 unspecified atom stereocenters. The van der Waals surface area contributed by atoms with Gasteiger partial charge in [-0.3, -0.25) is 0 Å². The average molecular weight is 284 g/mol. The van der Waals surface area contributed by atoms with Crippen molar-refractivity contribution in [3.63, 3.8) is 0 Å². The van der Waals surface area contributed by atoms with E-state index in [4.69, 9.17) is 4.42 Å². The van der Waals surface area contributed by atoms with Gasteiger partial charge in [0.2, 0.25) is 5.89 Å². The second-order valence-corrected chi connectivity index (χ2v) is 4.59. The van der Waals surface area contributed by atoms with Gasteiger partial charge in [0.05, 0.1) is 18.3 Å². The molecular formula is C14H15F3N2O. The van der Waals surface area contributed by atoms with Crippen LogP contribution in [0.5, 0.6) is 0 Å². The topological polar surface area (TPSA) is 38.1 Å². The second kappa shape index (κ2) is 5.66. The van der Waals surface area contributed by atoms with E-state index in [1.807, 2.05) is 6.92 Å². The number of hydrogen-bond donors (Lipinski definition) is 1. The minimum atomic E-state index is -4.30. The quantitative estimate of drug-likeness (QED) is 0.926. The summed E-state index contributed by atoms with van der Waals surface area (Å²) in [6, 6.07) is 5.03. The first-order valence-corrected chi connectivity index (χ1v) is 6.18. The number of nitrogens with zero attached hydrogens (tertiary/aromatic N) is 1. The predicted octanol–water partition coefficient (Wildman–Crippen LogP) is 3.85. The molecule has 3 nitrogen and oxygen atoms in total. The molecule has 1 aromatic carbocycles. The summed E-state index contributed by atoms with van der Waals surface area (Å²) in [4.78, 5) is 4.05. The van der Waals surface area contributed by atoms with Crippen LogP contribution in [0.1, 0.15) is 35.7 Å². The van der Waals surface area contributed by atoms with Gasteiger partial charge in [0.15, 0.2) is 0 Å². The van der Waals surface area contributed by atoms with E-state index >= 15 is 0 Å². The number of aromatic nitrogens is 1. The molecule has 6 heteroatoms. The number of alkyl halides is 3. The molecule has 1 aromatic heterocycles. The molecule has 1 heterocycles. The number of aryl methyl sites for hydroxylation is 1. The van der Waals surface area contributed by atoms with E-state index in [-0.39, 0.29) is 6.04 Å².